The molecule has 0 radical (unpaired) electrons. The van der Waals surface area contributed by atoms with Gasteiger partial charge in [0.2, 0.25) is 0 Å². The van der Waals surface area contributed by atoms with Crippen molar-refractivity contribution in [3.8, 4) is 5.75 Å². The second-order valence-electron chi connectivity index (χ2n) is 4.14. The third kappa shape index (κ3) is 3.40. The van der Waals surface area contributed by atoms with Gasteiger partial charge in [0.15, 0.2) is 0 Å². The number of amides is 1. The number of carbonyl (C=O) groups excluding carboxylic acids is 1. The van der Waals surface area contributed by atoms with Gasteiger partial charge in [0.05, 0.1) is 7.11 Å². The molecule has 1 N–H and O–H groups in total. The Morgan fingerprint density at radius 2 is 1.85 bits per heavy atom. The number of pyridine rings is 1. The van der Waals surface area contributed by atoms with Crippen molar-refractivity contribution in [1.82, 2.24) is 4.98 Å². The minimum absolute atomic E-state index is 0.175. The number of ether oxygens (including phenoxy) is 1. The summed E-state index contributed by atoms with van der Waals surface area (Å²) in [6, 6.07) is 8.28. The molecule has 6 heteroatoms. The predicted octanol–water partition coefficient (Wildman–Crippen LogP) is 3.96. The van der Waals surface area contributed by atoms with Crippen LogP contribution in [0.1, 0.15) is 15.9 Å². The van der Waals surface area contributed by atoms with Gasteiger partial charge in [-0.3, -0.25) is 4.79 Å². The average Bonchev–Trinajstić information content (AvgIpc) is 2.37. The molecular weight excluding hydrogens is 299 g/mol. The quantitative estimate of drug-likeness (QED) is 0.873. The van der Waals surface area contributed by atoms with Gasteiger partial charge in [-0.2, -0.15) is 0 Å². The third-order valence-corrected chi connectivity index (χ3v) is 3.06. The first-order chi connectivity index (χ1) is 9.49. The predicted molar refractivity (Wildman–Crippen MR) is 79.9 cm³/mol. The highest BCUT2D eigenvalue weighted by Gasteiger charge is 2.10. The van der Waals surface area contributed by atoms with Crippen LogP contribution in [0.2, 0.25) is 10.3 Å². The fraction of sp³-hybridized carbons (Fsp3) is 0.143. The summed E-state index contributed by atoms with van der Waals surface area (Å²) in [6.45, 7) is 1.90. The Morgan fingerprint density at radius 3 is 2.40 bits per heavy atom. The molecule has 1 aromatic heterocycles. The van der Waals surface area contributed by atoms with Gasteiger partial charge < -0.3 is 10.1 Å². The van der Waals surface area contributed by atoms with Crippen LogP contribution < -0.4 is 10.1 Å². The standard InChI is InChI=1S/C14H12Cl2N2O2/c1-8-5-10(3-4-11(8)20-2)17-14(19)9-6-12(15)18-13(16)7-9/h3-7H,1-2H3,(H,17,19). The van der Waals surface area contributed by atoms with Gasteiger partial charge in [0.25, 0.3) is 5.91 Å². The number of benzene rings is 1. The monoisotopic (exact) mass is 310 g/mol. The van der Waals surface area contributed by atoms with Crippen molar-refractivity contribution < 1.29 is 9.53 Å². The van der Waals surface area contributed by atoms with Crippen molar-refractivity contribution in [1.29, 1.82) is 0 Å². The van der Waals surface area contributed by atoms with Crippen molar-refractivity contribution in [2.24, 2.45) is 0 Å². The first-order valence-corrected chi connectivity index (χ1v) is 6.54. The van der Waals surface area contributed by atoms with Gasteiger partial charge in [-0.15, -0.1) is 0 Å². The van der Waals surface area contributed by atoms with Crippen LogP contribution in [0.3, 0.4) is 0 Å². The lowest BCUT2D eigenvalue weighted by Gasteiger charge is -2.09. The average molecular weight is 311 g/mol. The molecule has 0 saturated carbocycles. The Kier molecular flexibility index (Phi) is 4.47. The van der Waals surface area contributed by atoms with Crippen LogP contribution in [-0.4, -0.2) is 18.0 Å². The van der Waals surface area contributed by atoms with Crippen LogP contribution in [0, 0.1) is 6.92 Å². The molecule has 0 unspecified atom stereocenters. The largest absolute Gasteiger partial charge is 0.496 e. The van der Waals surface area contributed by atoms with Crippen LogP contribution >= 0.6 is 23.2 Å². The van der Waals surface area contributed by atoms with E-state index in [9.17, 15) is 4.79 Å². The summed E-state index contributed by atoms with van der Waals surface area (Å²) in [5.74, 6) is 0.457. The number of halogens is 2. The third-order valence-electron chi connectivity index (χ3n) is 2.68. The van der Waals surface area contributed by atoms with E-state index in [1.165, 1.54) is 12.1 Å². The smallest absolute Gasteiger partial charge is 0.255 e. The number of hydrogen-bond donors (Lipinski definition) is 1. The van der Waals surface area contributed by atoms with Crippen molar-refractivity contribution in [3.05, 3.63) is 51.8 Å². The molecule has 2 aromatic rings. The van der Waals surface area contributed by atoms with Gasteiger partial charge in [-0.05, 0) is 42.8 Å². The molecule has 104 valence electrons. The number of nitrogens with zero attached hydrogens (tertiary/aromatic N) is 1. The second-order valence-corrected chi connectivity index (χ2v) is 4.91. The number of rotatable bonds is 3. The first-order valence-electron chi connectivity index (χ1n) is 5.78. The topological polar surface area (TPSA) is 51.2 Å². The van der Waals surface area contributed by atoms with Crippen LogP contribution in [0.4, 0.5) is 5.69 Å². The van der Waals surface area contributed by atoms with E-state index in [1.807, 2.05) is 13.0 Å². The molecule has 0 fully saturated rings. The van der Waals surface area contributed by atoms with Crippen molar-refractivity contribution >= 4 is 34.8 Å². The highest BCUT2D eigenvalue weighted by atomic mass is 35.5. The zero-order valence-electron chi connectivity index (χ0n) is 10.9. The van der Waals surface area contributed by atoms with E-state index in [4.69, 9.17) is 27.9 Å². The minimum atomic E-state index is -0.305. The summed E-state index contributed by atoms with van der Waals surface area (Å²) in [5.41, 5.74) is 1.94. The minimum Gasteiger partial charge on any atom is -0.496 e. The van der Waals surface area contributed by atoms with E-state index in [0.717, 1.165) is 11.3 Å². The lowest BCUT2D eigenvalue weighted by Crippen LogP contribution is -2.12. The number of methoxy groups -OCH3 is 1. The summed E-state index contributed by atoms with van der Waals surface area (Å²) < 4.78 is 5.17. The fourth-order valence-corrected chi connectivity index (χ4v) is 2.22. The Bertz CT molecular complexity index is 639. The summed E-state index contributed by atoms with van der Waals surface area (Å²) in [7, 11) is 1.60. The van der Waals surface area contributed by atoms with Gasteiger partial charge in [0.1, 0.15) is 16.1 Å². The number of carbonyl (C=O) groups is 1. The number of nitrogens with one attached hydrogen (secondary N) is 1. The van der Waals surface area contributed by atoms with E-state index in [-0.39, 0.29) is 16.2 Å². The number of hydrogen-bond acceptors (Lipinski definition) is 3. The molecule has 1 amide bonds. The Labute approximate surface area is 126 Å². The maximum absolute atomic E-state index is 12.1. The molecule has 20 heavy (non-hydrogen) atoms. The van der Waals surface area contributed by atoms with E-state index in [1.54, 1.807) is 19.2 Å². The molecule has 0 aliphatic heterocycles. The molecule has 0 aliphatic rings. The molecule has 0 spiro atoms. The van der Waals surface area contributed by atoms with Gasteiger partial charge in [-0.1, -0.05) is 23.2 Å². The molecule has 0 aliphatic carbocycles. The summed E-state index contributed by atoms with van der Waals surface area (Å²) in [5, 5.41) is 3.11. The second kappa shape index (κ2) is 6.11. The van der Waals surface area contributed by atoms with E-state index in [2.05, 4.69) is 10.3 Å². The first kappa shape index (κ1) is 14.6. The fourth-order valence-electron chi connectivity index (χ4n) is 1.76. The molecule has 0 saturated heterocycles. The van der Waals surface area contributed by atoms with Crippen LogP contribution in [0.15, 0.2) is 30.3 Å². The van der Waals surface area contributed by atoms with Crippen LogP contribution in [-0.2, 0) is 0 Å². The number of aryl methyl sites for hydroxylation is 1. The van der Waals surface area contributed by atoms with Crippen LogP contribution in [0.5, 0.6) is 5.75 Å². The molecule has 1 heterocycles. The molecule has 0 bridgehead atoms. The van der Waals surface area contributed by atoms with Gasteiger partial charge in [0, 0.05) is 11.3 Å². The summed E-state index contributed by atoms with van der Waals surface area (Å²) >= 11 is 11.5. The highest BCUT2D eigenvalue weighted by Crippen LogP contribution is 2.22. The van der Waals surface area contributed by atoms with Crippen molar-refractivity contribution in [2.45, 2.75) is 6.92 Å². The van der Waals surface area contributed by atoms with E-state index in [0.29, 0.717) is 11.3 Å². The highest BCUT2D eigenvalue weighted by molar-refractivity contribution is 6.33. The maximum atomic E-state index is 12.1. The number of aromatic nitrogens is 1. The van der Waals surface area contributed by atoms with Crippen molar-refractivity contribution in [2.75, 3.05) is 12.4 Å². The maximum Gasteiger partial charge on any atom is 0.255 e. The van der Waals surface area contributed by atoms with E-state index >= 15 is 0 Å². The zero-order chi connectivity index (χ0) is 14.7. The Hall–Kier alpha value is -1.78. The normalized spacial score (nSPS) is 10.2. The molecular formula is C14H12Cl2N2O2. The Balaban J connectivity index is 2.21. The van der Waals surface area contributed by atoms with Gasteiger partial charge >= 0.3 is 0 Å². The molecule has 0 atom stereocenters. The Morgan fingerprint density at radius 1 is 1.20 bits per heavy atom. The zero-order valence-corrected chi connectivity index (χ0v) is 12.4. The van der Waals surface area contributed by atoms with Gasteiger partial charge in [-0.25, -0.2) is 4.98 Å². The molecule has 4 nitrogen and oxygen atoms in total. The summed E-state index contributed by atoms with van der Waals surface area (Å²) in [6.07, 6.45) is 0. The molecule has 2 rings (SSSR count). The lowest BCUT2D eigenvalue weighted by atomic mass is 10.2. The molecule has 1 aromatic carbocycles. The van der Waals surface area contributed by atoms with E-state index < -0.39 is 0 Å². The SMILES string of the molecule is COc1ccc(NC(=O)c2cc(Cl)nc(Cl)c2)cc1C. The van der Waals surface area contributed by atoms with Crippen LogP contribution in [0.25, 0.3) is 0 Å². The lowest BCUT2D eigenvalue weighted by molar-refractivity contribution is 0.102. The van der Waals surface area contributed by atoms with Crippen molar-refractivity contribution in [3.63, 3.8) is 0 Å². The summed E-state index contributed by atoms with van der Waals surface area (Å²) in [4.78, 5) is 15.9. The number of anilines is 1.